The van der Waals surface area contributed by atoms with Gasteiger partial charge < -0.3 is 5.32 Å². The lowest BCUT2D eigenvalue weighted by molar-refractivity contribution is 0.102. The number of anilines is 1. The Kier molecular flexibility index (Phi) is 4.89. The summed E-state index contributed by atoms with van der Waals surface area (Å²) in [5.41, 5.74) is 5.41. The highest BCUT2D eigenvalue weighted by atomic mass is 19.1. The molecule has 1 amide bonds. The number of halogens is 1. The first-order chi connectivity index (χ1) is 12.4. The Morgan fingerprint density at radius 1 is 1.15 bits per heavy atom. The highest BCUT2D eigenvalue weighted by Crippen LogP contribution is 2.24. The molecule has 0 spiro atoms. The molecule has 0 fully saturated rings. The van der Waals surface area contributed by atoms with Crippen LogP contribution in [0.4, 0.5) is 10.1 Å². The maximum Gasteiger partial charge on any atom is 0.276 e. The monoisotopic (exact) mass is 351 g/mol. The molecule has 3 aromatic rings. The number of hydrogen-bond donors (Lipinski definition) is 1. The molecule has 0 aliphatic rings. The number of carbonyl (C=O) groups is 1. The lowest BCUT2D eigenvalue weighted by Gasteiger charge is -2.11. The van der Waals surface area contributed by atoms with E-state index in [1.54, 1.807) is 36.9 Å². The first kappa shape index (κ1) is 17.9. The molecule has 1 heterocycles. The quantitative estimate of drug-likeness (QED) is 0.743. The van der Waals surface area contributed by atoms with E-state index in [0.29, 0.717) is 11.3 Å². The zero-order valence-corrected chi connectivity index (χ0v) is 15.4. The van der Waals surface area contributed by atoms with Crippen molar-refractivity contribution in [2.24, 2.45) is 7.05 Å². The average Bonchev–Trinajstić information content (AvgIpc) is 3.01. The minimum Gasteiger partial charge on any atom is -0.320 e. The fourth-order valence-electron chi connectivity index (χ4n) is 3.03. The molecule has 3 rings (SSSR count). The normalized spacial score (nSPS) is 10.8. The number of aromatic nitrogens is 2. The van der Waals surface area contributed by atoms with Gasteiger partial charge in [-0.2, -0.15) is 5.10 Å². The number of hydrogen-bond acceptors (Lipinski definition) is 2. The van der Waals surface area contributed by atoms with Gasteiger partial charge in [-0.05, 0) is 61.2 Å². The van der Waals surface area contributed by atoms with Crippen LogP contribution in [0.25, 0.3) is 11.3 Å². The molecule has 4 nitrogen and oxygen atoms in total. The first-order valence-corrected chi connectivity index (χ1v) is 8.61. The Labute approximate surface area is 152 Å². The standard InChI is InChI=1S/C21H22FN3O/c1-5-15-8-6-7-13(2)20(15)23-21(26)18-12-19(25(4)24-18)16-9-10-17(22)14(3)11-16/h6-12H,5H2,1-4H3,(H,23,26). The van der Waals surface area contributed by atoms with Gasteiger partial charge in [0.05, 0.1) is 5.69 Å². The van der Waals surface area contributed by atoms with Crippen molar-refractivity contribution in [3.05, 3.63) is 70.7 Å². The van der Waals surface area contributed by atoms with E-state index in [1.807, 2.05) is 25.1 Å². The number of amides is 1. The van der Waals surface area contributed by atoms with Gasteiger partial charge in [0.15, 0.2) is 5.69 Å². The summed E-state index contributed by atoms with van der Waals surface area (Å²) in [4.78, 5) is 12.7. The minimum atomic E-state index is -0.255. The Morgan fingerprint density at radius 2 is 1.92 bits per heavy atom. The Balaban J connectivity index is 1.91. The minimum absolute atomic E-state index is 0.250. The summed E-state index contributed by atoms with van der Waals surface area (Å²) in [6.07, 6.45) is 0.833. The topological polar surface area (TPSA) is 46.9 Å². The molecule has 2 aromatic carbocycles. The average molecular weight is 351 g/mol. The maximum atomic E-state index is 13.5. The van der Waals surface area contributed by atoms with Crippen molar-refractivity contribution >= 4 is 11.6 Å². The number of rotatable bonds is 4. The van der Waals surface area contributed by atoms with Crippen LogP contribution >= 0.6 is 0 Å². The predicted octanol–water partition coefficient (Wildman–Crippen LogP) is 4.66. The van der Waals surface area contributed by atoms with Crippen LogP contribution in [0.5, 0.6) is 0 Å². The van der Waals surface area contributed by atoms with Crippen molar-refractivity contribution in [1.29, 1.82) is 0 Å². The lowest BCUT2D eigenvalue weighted by atomic mass is 10.1. The van der Waals surface area contributed by atoms with Crippen LogP contribution in [0.2, 0.25) is 0 Å². The van der Waals surface area contributed by atoms with Crippen LogP contribution in [-0.2, 0) is 13.5 Å². The van der Waals surface area contributed by atoms with Crippen LogP contribution < -0.4 is 5.32 Å². The second kappa shape index (κ2) is 7.12. The third-order valence-corrected chi connectivity index (χ3v) is 4.54. The number of carbonyl (C=O) groups excluding carboxylic acids is 1. The molecule has 0 radical (unpaired) electrons. The van der Waals surface area contributed by atoms with E-state index in [4.69, 9.17) is 0 Å². The van der Waals surface area contributed by atoms with Crippen molar-refractivity contribution in [1.82, 2.24) is 9.78 Å². The van der Waals surface area contributed by atoms with Crippen molar-refractivity contribution in [3.63, 3.8) is 0 Å². The molecule has 0 atom stereocenters. The molecular formula is C21H22FN3O. The number of nitrogens with one attached hydrogen (secondary N) is 1. The lowest BCUT2D eigenvalue weighted by Crippen LogP contribution is -2.15. The summed E-state index contributed by atoms with van der Waals surface area (Å²) in [6, 6.07) is 12.6. The number of nitrogens with zero attached hydrogens (tertiary/aromatic N) is 2. The van der Waals surface area contributed by atoms with E-state index in [1.165, 1.54) is 6.07 Å². The fourth-order valence-corrected chi connectivity index (χ4v) is 3.03. The maximum absolute atomic E-state index is 13.5. The molecule has 134 valence electrons. The zero-order chi connectivity index (χ0) is 18.8. The van der Waals surface area contributed by atoms with Crippen molar-refractivity contribution in [2.75, 3.05) is 5.32 Å². The molecule has 26 heavy (non-hydrogen) atoms. The van der Waals surface area contributed by atoms with Crippen molar-refractivity contribution < 1.29 is 9.18 Å². The third-order valence-electron chi connectivity index (χ3n) is 4.54. The molecule has 5 heteroatoms. The SMILES string of the molecule is CCc1cccc(C)c1NC(=O)c1cc(-c2ccc(F)c(C)c2)n(C)n1. The van der Waals surface area contributed by atoms with E-state index >= 15 is 0 Å². The molecule has 0 aliphatic carbocycles. The molecule has 1 N–H and O–H groups in total. The van der Waals surface area contributed by atoms with Crippen LogP contribution in [-0.4, -0.2) is 15.7 Å². The Morgan fingerprint density at radius 3 is 2.62 bits per heavy atom. The van der Waals surface area contributed by atoms with Crippen molar-refractivity contribution in [2.45, 2.75) is 27.2 Å². The largest absolute Gasteiger partial charge is 0.320 e. The van der Waals surface area contributed by atoms with Gasteiger partial charge in [-0.3, -0.25) is 9.48 Å². The molecule has 0 aliphatic heterocycles. The van der Waals surface area contributed by atoms with Gasteiger partial charge in [0, 0.05) is 18.3 Å². The van der Waals surface area contributed by atoms with E-state index in [-0.39, 0.29) is 11.7 Å². The smallest absolute Gasteiger partial charge is 0.276 e. The molecule has 1 aromatic heterocycles. The van der Waals surface area contributed by atoms with Gasteiger partial charge in [-0.1, -0.05) is 25.1 Å². The van der Waals surface area contributed by atoms with Crippen LogP contribution in [0.15, 0.2) is 42.5 Å². The number of aryl methyl sites for hydroxylation is 4. The summed E-state index contributed by atoms with van der Waals surface area (Å²) in [7, 11) is 1.77. The van der Waals surface area contributed by atoms with Gasteiger partial charge in [0.25, 0.3) is 5.91 Å². The molecule has 0 bridgehead atoms. The summed E-state index contributed by atoms with van der Waals surface area (Å²) in [5, 5.41) is 7.32. The number of para-hydroxylation sites is 1. The third kappa shape index (κ3) is 3.38. The van der Waals surface area contributed by atoms with Crippen LogP contribution in [0.1, 0.15) is 34.1 Å². The second-order valence-electron chi connectivity index (χ2n) is 6.42. The van der Waals surface area contributed by atoms with E-state index < -0.39 is 0 Å². The first-order valence-electron chi connectivity index (χ1n) is 8.61. The van der Waals surface area contributed by atoms with Gasteiger partial charge in [0.1, 0.15) is 5.82 Å². The van der Waals surface area contributed by atoms with Crippen LogP contribution in [0, 0.1) is 19.7 Å². The molecule has 0 saturated carbocycles. The Hall–Kier alpha value is -2.95. The highest BCUT2D eigenvalue weighted by molar-refractivity contribution is 6.04. The van der Waals surface area contributed by atoms with Crippen molar-refractivity contribution in [3.8, 4) is 11.3 Å². The second-order valence-corrected chi connectivity index (χ2v) is 6.42. The predicted molar refractivity (Wildman–Crippen MR) is 102 cm³/mol. The van der Waals surface area contributed by atoms with E-state index in [9.17, 15) is 9.18 Å². The molecular weight excluding hydrogens is 329 g/mol. The number of benzene rings is 2. The summed E-state index contributed by atoms with van der Waals surface area (Å²) in [5.74, 6) is -0.504. The fraction of sp³-hybridized carbons (Fsp3) is 0.238. The van der Waals surface area contributed by atoms with Gasteiger partial charge in [-0.15, -0.1) is 0 Å². The van der Waals surface area contributed by atoms with Gasteiger partial charge in [0.2, 0.25) is 0 Å². The van der Waals surface area contributed by atoms with E-state index in [2.05, 4.69) is 17.3 Å². The van der Waals surface area contributed by atoms with Gasteiger partial charge in [-0.25, -0.2) is 4.39 Å². The van der Waals surface area contributed by atoms with E-state index in [0.717, 1.165) is 34.5 Å². The zero-order valence-electron chi connectivity index (χ0n) is 15.4. The molecule has 0 saturated heterocycles. The summed E-state index contributed by atoms with van der Waals surface area (Å²) >= 11 is 0. The highest BCUT2D eigenvalue weighted by Gasteiger charge is 2.16. The molecule has 0 unspecified atom stereocenters. The van der Waals surface area contributed by atoms with Crippen LogP contribution in [0.3, 0.4) is 0 Å². The summed E-state index contributed by atoms with van der Waals surface area (Å²) < 4.78 is 15.2. The Bertz CT molecular complexity index is 975. The van der Waals surface area contributed by atoms with Gasteiger partial charge >= 0.3 is 0 Å². The summed E-state index contributed by atoms with van der Waals surface area (Å²) in [6.45, 7) is 5.74.